The van der Waals surface area contributed by atoms with Crippen LogP contribution >= 0.6 is 0 Å². The van der Waals surface area contributed by atoms with E-state index < -0.39 is 9.84 Å². The summed E-state index contributed by atoms with van der Waals surface area (Å²) in [5, 5.41) is 3.39. The van der Waals surface area contributed by atoms with Crippen molar-refractivity contribution in [2.45, 2.75) is 31.7 Å². The van der Waals surface area contributed by atoms with Crippen LogP contribution in [0.5, 0.6) is 0 Å². The third-order valence-electron chi connectivity index (χ3n) is 4.16. The van der Waals surface area contributed by atoms with Crippen LogP contribution in [0, 0.1) is 0 Å². The molecule has 0 spiro atoms. The van der Waals surface area contributed by atoms with Gasteiger partial charge in [-0.25, -0.2) is 8.42 Å². The molecule has 0 atom stereocenters. The van der Waals surface area contributed by atoms with E-state index in [2.05, 4.69) is 5.32 Å². The molecule has 21 heavy (non-hydrogen) atoms. The highest BCUT2D eigenvalue weighted by Gasteiger charge is 2.24. The Balaban J connectivity index is 1.68. The van der Waals surface area contributed by atoms with Gasteiger partial charge in [-0.2, -0.15) is 0 Å². The van der Waals surface area contributed by atoms with E-state index in [9.17, 15) is 13.2 Å². The Morgan fingerprint density at radius 3 is 2.62 bits per heavy atom. The number of amides is 1. The largest absolute Gasteiger partial charge is 0.382 e. The van der Waals surface area contributed by atoms with Crippen LogP contribution in [0.3, 0.4) is 0 Å². The van der Waals surface area contributed by atoms with Crippen molar-refractivity contribution in [3.8, 4) is 0 Å². The molecule has 0 unspecified atom stereocenters. The van der Waals surface area contributed by atoms with Crippen molar-refractivity contribution >= 4 is 27.1 Å². The molecule has 2 saturated heterocycles. The van der Waals surface area contributed by atoms with Gasteiger partial charge in [0.2, 0.25) is 5.91 Å². The highest BCUT2D eigenvalue weighted by Crippen LogP contribution is 2.25. The van der Waals surface area contributed by atoms with Crippen LogP contribution in [0.4, 0.5) is 11.4 Å². The summed E-state index contributed by atoms with van der Waals surface area (Å²) in [5.41, 5.74) is 1.88. The summed E-state index contributed by atoms with van der Waals surface area (Å²) in [6, 6.07) is 8.01. The molecule has 1 N–H and O–H groups in total. The van der Waals surface area contributed by atoms with Gasteiger partial charge in [0.25, 0.3) is 0 Å². The fourth-order valence-electron chi connectivity index (χ4n) is 2.95. The zero-order chi connectivity index (χ0) is 14.9. The summed E-state index contributed by atoms with van der Waals surface area (Å²) >= 11 is 0. The number of nitrogens with zero attached hydrogens (tertiary/aromatic N) is 1. The van der Waals surface area contributed by atoms with Crippen molar-refractivity contribution in [1.82, 2.24) is 0 Å². The quantitative estimate of drug-likeness (QED) is 0.924. The molecule has 0 saturated carbocycles. The lowest BCUT2D eigenvalue weighted by atomic mass is 10.1. The van der Waals surface area contributed by atoms with Crippen LogP contribution in [0.2, 0.25) is 0 Å². The number of carbonyl (C=O) groups is 1. The van der Waals surface area contributed by atoms with E-state index in [1.165, 1.54) is 0 Å². The molecule has 2 aliphatic heterocycles. The number of rotatable bonds is 3. The number of hydrogen-bond donors (Lipinski definition) is 1. The molecule has 1 aromatic carbocycles. The van der Waals surface area contributed by atoms with Crippen molar-refractivity contribution in [1.29, 1.82) is 0 Å². The summed E-state index contributed by atoms with van der Waals surface area (Å²) in [6.07, 6.45) is 2.83. The average molecular weight is 308 g/mol. The van der Waals surface area contributed by atoms with E-state index in [4.69, 9.17) is 0 Å². The first-order valence-electron chi connectivity index (χ1n) is 7.41. The van der Waals surface area contributed by atoms with Crippen molar-refractivity contribution < 1.29 is 13.2 Å². The molecule has 1 aromatic rings. The Kier molecular flexibility index (Phi) is 3.89. The zero-order valence-electron chi connectivity index (χ0n) is 11.9. The molecule has 2 heterocycles. The second-order valence-electron chi connectivity index (χ2n) is 5.77. The van der Waals surface area contributed by atoms with Gasteiger partial charge in [0, 0.05) is 30.4 Å². The zero-order valence-corrected chi connectivity index (χ0v) is 12.7. The summed E-state index contributed by atoms with van der Waals surface area (Å²) in [5.74, 6) is 0.695. The Bertz CT molecular complexity index is 628. The molecule has 6 heteroatoms. The summed E-state index contributed by atoms with van der Waals surface area (Å²) in [4.78, 5) is 13.6. The summed E-state index contributed by atoms with van der Waals surface area (Å²) in [6.45, 7) is 0.782. The van der Waals surface area contributed by atoms with Crippen molar-refractivity contribution in [2.75, 3.05) is 28.3 Å². The number of anilines is 2. The maximum Gasteiger partial charge on any atom is 0.227 e. The predicted molar refractivity (Wildman–Crippen MR) is 83.3 cm³/mol. The number of sulfone groups is 1. The van der Waals surface area contributed by atoms with Gasteiger partial charge in [-0.1, -0.05) is 6.07 Å². The molecule has 5 nitrogen and oxygen atoms in total. The normalized spacial score (nSPS) is 22.5. The van der Waals surface area contributed by atoms with Gasteiger partial charge in [0.05, 0.1) is 11.5 Å². The summed E-state index contributed by atoms with van der Waals surface area (Å²) in [7, 11) is -2.83. The second-order valence-corrected chi connectivity index (χ2v) is 8.07. The first kappa shape index (κ1) is 14.4. The molecule has 2 aliphatic rings. The van der Waals surface area contributed by atoms with E-state index in [0.717, 1.165) is 24.3 Å². The van der Waals surface area contributed by atoms with Gasteiger partial charge in [-0.05, 0) is 37.5 Å². The molecule has 3 rings (SSSR count). The number of hydrogen-bond acceptors (Lipinski definition) is 4. The van der Waals surface area contributed by atoms with E-state index in [0.29, 0.717) is 19.3 Å². The lowest BCUT2D eigenvalue weighted by Gasteiger charge is -2.25. The van der Waals surface area contributed by atoms with Gasteiger partial charge in [0.1, 0.15) is 9.84 Å². The monoisotopic (exact) mass is 308 g/mol. The second kappa shape index (κ2) is 5.67. The van der Waals surface area contributed by atoms with Crippen molar-refractivity contribution in [2.24, 2.45) is 0 Å². The van der Waals surface area contributed by atoms with Crippen LogP contribution < -0.4 is 10.2 Å². The first-order valence-corrected chi connectivity index (χ1v) is 9.23. The van der Waals surface area contributed by atoms with Crippen LogP contribution in [0.15, 0.2) is 24.3 Å². The maximum absolute atomic E-state index is 11.8. The highest BCUT2D eigenvalue weighted by atomic mass is 32.2. The van der Waals surface area contributed by atoms with E-state index in [-0.39, 0.29) is 23.5 Å². The molecule has 0 aliphatic carbocycles. The molecule has 1 amide bonds. The minimum absolute atomic E-state index is 0.177. The Morgan fingerprint density at radius 1 is 1.19 bits per heavy atom. The fourth-order valence-corrected chi connectivity index (χ4v) is 4.45. The lowest BCUT2D eigenvalue weighted by Crippen LogP contribution is -2.32. The van der Waals surface area contributed by atoms with Gasteiger partial charge in [-0.3, -0.25) is 4.79 Å². The molecular weight excluding hydrogens is 288 g/mol. The van der Waals surface area contributed by atoms with Gasteiger partial charge in [0.15, 0.2) is 0 Å². The SMILES string of the molecule is O=C1CCCN1c1cccc(NC2CCS(=O)(=O)CC2)c1. The average Bonchev–Trinajstić information content (AvgIpc) is 2.88. The Labute approximate surface area is 125 Å². The first-order chi connectivity index (χ1) is 10.0. The molecule has 2 fully saturated rings. The minimum Gasteiger partial charge on any atom is -0.382 e. The molecule has 0 radical (unpaired) electrons. The lowest BCUT2D eigenvalue weighted by molar-refractivity contribution is -0.117. The number of nitrogens with one attached hydrogen (secondary N) is 1. The predicted octanol–water partition coefficient (Wildman–Crippen LogP) is 1.80. The Hall–Kier alpha value is -1.56. The number of benzene rings is 1. The van der Waals surface area contributed by atoms with E-state index >= 15 is 0 Å². The molecule has 0 bridgehead atoms. The summed E-state index contributed by atoms with van der Waals surface area (Å²) < 4.78 is 22.9. The van der Waals surface area contributed by atoms with Crippen molar-refractivity contribution in [3.63, 3.8) is 0 Å². The molecular formula is C15H20N2O3S. The van der Waals surface area contributed by atoms with Crippen LogP contribution in [-0.4, -0.2) is 38.4 Å². The van der Waals surface area contributed by atoms with E-state index in [1.54, 1.807) is 0 Å². The third kappa shape index (κ3) is 3.37. The Morgan fingerprint density at radius 2 is 1.95 bits per heavy atom. The maximum atomic E-state index is 11.8. The van der Waals surface area contributed by atoms with Gasteiger partial charge in [-0.15, -0.1) is 0 Å². The third-order valence-corrected chi connectivity index (χ3v) is 5.87. The number of carbonyl (C=O) groups excluding carboxylic acids is 1. The topological polar surface area (TPSA) is 66.5 Å². The van der Waals surface area contributed by atoms with Gasteiger partial charge < -0.3 is 10.2 Å². The highest BCUT2D eigenvalue weighted by molar-refractivity contribution is 7.91. The van der Waals surface area contributed by atoms with E-state index in [1.807, 2.05) is 29.2 Å². The smallest absolute Gasteiger partial charge is 0.227 e. The van der Waals surface area contributed by atoms with Crippen LogP contribution in [-0.2, 0) is 14.6 Å². The molecule has 114 valence electrons. The fraction of sp³-hybridized carbons (Fsp3) is 0.533. The van der Waals surface area contributed by atoms with Gasteiger partial charge >= 0.3 is 0 Å². The minimum atomic E-state index is -2.83. The van der Waals surface area contributed by atoms with Crippen LogP contribution in [0.25, 0.3) is 0 Å². The molecule has 0 aromatic heterocycles. The standard InChI is InChI=1S/C15H20N2O3S/c18-15-5-2-8-17(15)14-4-1-3-13(11-14)16-12-6-9-21(19,20)10-7-12/h1,3-4,11-12,16H,2,5-10H2. The van der Waals surface area contributed by atoms with Crippen LogP contribution in [0.1, 0.15) is 25.7 Å². The van der Waals surface area contributed by atoms with Crippen molar-refractivity contribution in [3.05, 3.63) is 24.3 Å².